The molecule has 4 rings (SSSR count). The lowest BCUT2D eigenvalue weighted by molar-refractivity contribution is 0.288. The van der Waals surface area contributed by atoms with E-state index in [1.807, 2.05) is 48.5 Å². The van der Waals surface area contributed by atoms with Crippen molar-refractivity contribution in [2.45, 2.75) is 19.8 Å². The molecule has 0 spiro atoms. The fourth-order valence-corrected chi connectivity index (χ4v) is 4.10. The highest BCUT2D eigenvalue weighted by Crippen LogP contribution is 2.28. The van der Waals surface area contributed by atoms with Gasteiger partial charge in [-0.2, -0.15) is 9.50 Å². The minimum Gasteiger partial charge on any atom is -0.493 e. The second kappa shape index (κ2) is 8.97. The van der Waals surface area contributed by atoms with Crippen LogP contribution in [-0.2, 0) is 0 Å². The van der Waals surface area contributed by atoms with Crippen molar-refractivity contribution < 1.29 is 9.47 Å². The Bertz CT molecular complexity index is 1280. The Morgan fingerprint density at radius 2 is 1.97 bits per heavy atom. The van der Waals surface area contributed by atoms with Crippen molar-refractivity contribution in [3.8, 4) is 22.9 Å². The van der Waals surface area contributed by atoms with E-state index in [1.54, 1.807) is 7.11 Å². The van der Waals surface area contributed by atoms with Crippen LogP contribution in [0.5, 0.6) is 11.5 Å². The highest BCUT2D eigenvalue weighted by Gasteiger charge is 2.12. The van der Waals surface area contributed by atoms with E-state index in [0.29, 0.717) is 33.4 Å². The van der Waals surface area contributed by atoms with Crippen molar-refractivity contribution in [2.24, 2.45) is 0 Å². The number of fused-ring (bicyclic) bond motifs is 1. The fraction of sp³-hybridized carbons (Fsp3) is 0.227. The first-order valence-corrected chi connectivity index (χ1v) is 11.2. The highest BCUT2D eigenvalue weighted by molar-refractivity contribution is 9.10. The van der Waals surface area contributed by atoms with Crippen molar-refractivity contribution in [1.82, 2.24) is 14.6 Å². The van der Waals surface area contributed by atoms with Gasteiger partial charge in [0, 0.05) is 10.0 Å². The number of benzene rings is 2. The lowest BCUT2D eigenvalue weighted by atomic mass is 10.2. The van der Waals surface area contributed by atoms with Gasteiger partial charge in [0.15, 0.2) is 17.3 Å². The quantitative estimate of drug-likeness (QED) is 0.364. The number of hydrogen-bond donors (Lipinski definition) is 0. The van der Waals surface area contributed by atoms with E-state index in [-0.39, 0.29) is 5.56 Å². The Morgan fingerprint density at radius 3 is 2.67 bits per heavy atom. The van der Waals surface area contributed by atoms with Crippen molar-refractivity contribution in [3.05, 3.63) is 67.4 Å². The summed E-state index contributed by atoms with van der Waals surface area (Å²) in [6.07, 6.45) is 3.88. The molecule has 0 radical (unpaired) electrons. The van der Waals surface area contributed by atoms with Crippen LogP contribution in [-0.4, -0.2) is 28.3 Å². The van der Waals surface area contributed by atoms with Crippen molar-refractivity contribution in [1.29, 1.82) is 0 Å². The number of rotatable bonds is 7. The summed E-state index contributed by atoms with van der Waals surface area (Å²) >= 11 is 4.72. The van der Waals surface area contributed by atoms with E-state index in [9.17, 15) is 4.79 Å². The van der Waals surface area contributed by atoms with Crippen LogP contribution in [0.1, 0.15) is 25.3 Å². The summed E-state index contributed by atoms with van der Waals surface area (Å²) in [4.78, 5) is 17.9. The zero-order valence-electron chi connectivity index (χ0n) is 16.6. The van der Waals surface area contributed by atoms with Crippen molar-refractivity contribution in [3.63, 3.8) is 0 Å². The maximum absolute atomic E-state index is 12.8. The molecule has 2 aromatic heterocycles. The van der Waals surface area contributed by atoms with E-state index < -0.39 is 0 Å². The van der Waals surface area contributed by atoms with Gasteiger partial charge in [0.2, 0.25) is 4.96 Å². The summed E-state index contributed by atoms with van der Waals surface area (Å²) in [6.45, 7) is 2.77. The average molecular weight is 486 g/mol. The monoisotopic (exact) mass is 485 g/mol. The van der Waals surface area contributed by atoms with Crippen molar-refractivity contribution >= 4 is 38.3 Å². The molecule has 0 aliphatic carbocycles. The number of aromatic nitrogens is 3. The molecule has 0 amide bonds. The molecular formula is C22H20BrN3O3S. The fourth-order valence-electron chi connectivity index (χ4n) is 2.93. The van der Waals surface area contributed by atoms with Crippen LogP contribution in [0.2, 0.25) is 0 Å². The molecule has 0 unspecified atom stereocenters. The third kappa shape index (κ3) is 4.24. The molecule has 0 atom stereocenters. The smallest absolute Gasteiger partial charge is 0.291 e. The molecule has 2 aromatic carbocycles. The molecule has 0 aliphatic heterocycles. The zero-order valence-corrected chi connectivity index (χ0v) is 19.0. The third-order valence-electron chi connectivity index (χ3n) is 4.53. The minimum atomic E-state index is -0.187. The second-order valence-corrected chi connectivity index (χ2v) is 8.59. The summed E-state index contributed by atoms with van der Waals surface area (Å²) < 4.78 is 14.1. The van der Waals surface area contributed by atoms with Gasteiger partial charge in [-0.05, 0) is 42.3 Å². The largest absolute Gasteiger partial charge is 0.493 e. The van der Waals surface area contributed by atoms with Crippen LogP contribution >= 0.6 is 27.3 Å². The number of halogens is 1. The number of ether oxygens (including phenoxy) is 2. The van der Waals surface area contributed by atoms with Crippen LogP contribution in [0.3, 0.4) is 0 Å². The van der Waals surface area contributed by atoms with Crippen LogP contribution in [0.25, 0.3) is 22.4 Å². The molecule has 30 heavy (non-hydrogen) atoms. The molecule has 6 nitrogen and oxygen atoms in total. The van der Waals surface area contributed by atoms with Gasteiger partial charge in [-0.3, -0.25) is 4.79 Å². The molecular weight excluding hydrogens is 466 g/mol. The lowest BCUT2D eigenvalue weighted by Crippen LogP contribution is -2.23. The maximum atomic E-state index is 12.8. The molecule has 0 aliphatic rings. The van der Waals surface area contributed by atoms with Gasteiger partial charge in [0.25, 0.3) is 5.56 Å². The van der Waals surface area contributed by atoms with E-state index >= 15 is 0 Å². The predicted molar refractivity (Wildman–Crippen MR) is 122 cm³/mol. The van der Waals surface area contributed by atoms with Crippen LogP contribution in [0, 0.1) is 0 Å². The predicted octanol–water partition coefficient (Wildman–Crippen LogP) is 4.32. The highest BCUT2D eigenvalue weighted by atomic mass is 79.9. The Balaban J connectivity index is 1.66. The summed E-state index contributed by atoms with van der Waals surface area (Å²) in [7, 11) is 1.61. The van der Waals surface area contributed by atoms with E-state index in [4.69, 9.17) is 9.47 Å². The van der Waals surface area contributed by atoms with Crippen LogP contribution < -0.4 is 19.6 Å². The molecule has 4 aromatic rings. The number of nitrogens with zero attached hydrogens (tertiary/aromatic N) is 3. The summed E-state index contributed by atoms with van der Waals surface area (Å²) in [5.74, 6) is 1.88. The van der Waals surface area contributed by atoms with Gasteiger partial charge in [-0.25, -0.2) is 0 Å². The molecule has 154 valence electrons. The molecule has 0 N–H and O–H groups in total. The van der Waals surface area contributed by atoms with E-state index in [1.165, 1.54) is 15.9 Å². The number of methoxy groups -OCH3 is 1. The molecule has 0 bridgehead atoms. The van der Waals surface area contributed by atoms with Crippen LogP contribution in [0.15, 0.2) is 51.7 Å². The first-order chi connectivity index (χ1) is 14.6. The van der Waals surface area contributed by atoms with Crippen molar-refractivity contribution in [2.75, 3.05) is 13.7 Å². The summed E-state index contributed by atoms with van der Waals surface area (Å²) in [6, 6.07) is 13.3. The standard InChI is InChI=1S/C22H20BrN3O3S/c1-3-4-11-29-17-10-5-14(12-18(17)28-2)13-19-21(27)26-22(30-19)24-20(25-26)15-6-8-16(23)9-7-15/h5-10,12-13H,3-4,11H2,1-2H3/b19-13-. The minimum absolute atomic E-state index is 0.187. The van der Waals surface area contributed by atoms with Gasteiger partial charge in [-0.1, -0.05) is 58.8 Å². The maximum Gasteiger partial charge on any atom is 0.291 e. The number of unbranched alkanes of at least 4 members (excludes halogenated alkanes) is 1. The van der Waals surface area contributed by atoms with Gasteiger partial charge in [-0.15, -0.1) is 5.10 Å². The third-order valence-corrected chi connectivity index (χ3v) is 6.01. The molecule has 0 saturated heterocycles. The molecule has 2 heterocycles. The van der Waals surface area contributed by atoms with Gasteiger partial charge >= 0.3 is 0 Å². The Morgan fingerprint density at radius 1 is 1.17 bits per heavy atom. The van der Waals surface area contributed by atoms with Gasteiger partial charge in [0.05, 0.1) is 18.2 Å². The van der Waals surface area contributed by atoms with Gasteiger partial charge < -0.3 is 9.47 Å². The molecule has 8 heteroatoms. The Kier molecular flexibility index (Phi) is 6.15. The first-order valence-electron chi connectivity index (χ1n) is 9.57. The topological polar surface area (TPSA) is 65.7 Å². The Hall–Kier alpha value is -2.71. The first kappa shape index (κ1) is 20.6. The van der Waals surface area contributed by atoms with Gasteiger partial charge in [0.1, 0.15) is 0 Å². The zero-order chi connectivity index (χ0) is 21.1. The SMILES string of the molecule is CCCCOc1ccc(/C=c2\sc3nc(-c4ccc(Br)cc4)nn3c2=O)cc1OC. The normalized spacial score (nSPS) is 11.9. The average Bonchev–Trinajstić information content (AvgIpc) is 3.29. The lowest BCUT2D eigenvalue weighted by Gasteiger charge is -2.10. The second-order valence-electron chi connectivity index (χ2n) is 6.66. The van der Waals surface area contributed by atoms with Crippen LogP contribution in [0.4, 0.5) is 0 Å². The summed E-state index contributed by atoms with van der Waals surface area (Å²) in [5, 5.41) is 4.39. The molecule has 0 fully saturated rings. The number of thiazole rings is 1. The van der Waals surface area contributed by atoms with E-state index in [0.717, 1.165) is 28.4 Å². The van der Waals surface area contributed by atoms with E-state index in [2.05, 4.69) is 32.9 Å². The summed E-state index contributed by atoms with van der Waals surface area (Å²) in [5.41, 5.74) is 1.53. The number of hydrogen-bond acceptors (Lipinski definition) is 6. The Labute approximate surface area is 185 Å². The molecule has 0 saturated carbocycles.